The van der Waals surface area contributed by atoms with Gasteiger partial charge in [0.1, 0.15) is 4.21 Å². The fourth-order valence-corrected chi connectivity index (χ4v) is 6.13. The highest BCUT2D eigenvalue weighted by atomic mass is 32.2. The molecular weight excluding hydrogens is 394 g/mol. The van der Waals surface area contributed by atoms with Crippen LogP contribution in [-0.2, 0) is 21.4 Å². The third-order valence-electron chi connectivity index (χ3n) is 5.31. The van der Waals surface area contributed by atoms with Crippen molar-refractivity contribution in [2.45, 2.75) is 29.6 Å². The molecule has 2 heterocycles. The summed E-state index contributed by atoms with van der Waals surface area (Å²) in [5.74, 6) is 0.0935. The van der Waals surface area contributed by atoms with Crippen LogP contribution in [0.25, 0.3) is 0 Å². The second-order valence-corrected chi connectivity index (χ2v) is 10.5. The van der Waals surface area contributed by atoms with Gasteiger partial charge in [0.2, 0.25) is 5.91 Å². The first-order valence-corrected chi connectivity index (χ1v) is 12.0. The Morgan fingerprint density at radius 2 is 1.75 bits per heavy atom. The van der Waals surface area contributed by atoms with Crippen molar-refractivity contribution in [3.63, 3.8) is 0 Å². The molecule has 0 N–H and O–H groups in total. The zero-order valence-electron chi connectivity index (χ0n) is 15.7. The Morgan fingerprint density at radius 3 is 2.36 bits per heavy atom. The normalized spacial score (nSPS) is 18.5. The summed E-state index contributed by atoms with van der Waals surface area (Å²) in [6.07, 6.45) is 2.29. The highest BCUT2D eigenvalue weighted by molar-refractivity contribution is 7.91. The van der Waals surface area contributed by atoms with E-state index in [-0.39, 0.29) is 5.91 Å². The van der Waals surface area contributed by atoms with Crippen LogP contribution in [0.5, 0.6) is 0 Å². The van der Waals surface area contributed by atoms with Crippen molar-refractivity contribution < 1.29 is 13.2 Å². The van der Waals surface area contributed by atoms with Crippen molar-refractivity contribution in [3.05, 3.63) is 53.4 Å². The van der Waals surface area contributed by atoms with Gasteiger partial charge in [-0.3, -0.25) is 9.69 Å². The van der Waals surface area contributed by atoms with Crippen molar-refractivity contribution in [1.29, 1.82) is 0 Å². The number of hydrogen-bond donors (Lipinski definition) is 0. The SMILES string of the molecule is O=C(CN(Cc1ccccc1)C1CC1)N1CCN(S(=O)(=O)c2cccs2)CC1. The molecule has 0 unspecified atom stereocenters. The van der Waals surface area contributed by atoms with Gasteiger partial charge in [0, 0.05) is 38.8 Å². The Labute approximate surface area is 170 Å². The summed E-state index contributed by atoms with van der Waals surface area (Å²) in [4.78, 5) is 16.9. The predicted octanol–water partition coefficient (Wildman–Crippen LogP) is 2.25. The molecule has 1 aromatic heterocycles. The molecule has 1 amide bonds. The molecule has 0 radical (unpaired) electrons. The van der Waals surface area contributed by atoms with Gasteiger partial charge in [-0.25, -0.2) is 8.42 Å². The molecule has 0 spiro atoms. The number of thiophene rings is 1. The largest absolute Gasteiger partial charge is 0.339 e. The van der Waals surface area contributed by atoms with Gasteiger partial charge in [0.05, 0.1) is 6.54 Å². The van der Waals surface area contributed by atoms with Gasteiger partial charge in [-0.2, -0.15) is 4.31 Å². The van der Waals surface area contributed by atoms with Gasteiger partial charge in [-0.05, 0) is 29.9 Å². The molecular formula is C20H25N3O3S2. The van der Waals surface area contributed by atoms with E-state index in [1.807, 2.05) is 18.2 Å². The smallest absolute Gasteiger partial charge is 0.252 e. The maximum Gasteiger partial charge on any atom is 0.252 e. The number of amides is 1. The van der Waals surface area contributed by atoms with Crippen LogP contribution in [-0.4, -0.2) is 67.2 Å². The molecule has 0 bridgehead atoms. The molecule has 1 aliphatic carbocycles. The molecule has 150 valence electrons. The van der Waals surface area contributed by atoms with Crippen molar-refractivity contribution in [3.8, 4) is 0 Å². The van der Waals surface area contributed by atoms with Gasteiger partial charge in [0.25, 0.3) is 10.0 Å². The van der Waals surface area contributed by atoms with Crippen LogP contribution in [0.3, 0.4) is 0 Å². The standard InChI is InChI=1S/C20H25N3O3S2/c24-19(16-22(18-8-9-18)15-17-5-2-1-3-6-17)21-10-12-23(13-11-21)28(25,26)20-7-4-14-27-20/h1-7,14,18H,8-13,15-16H2. The molecule has 1 aromatic carbocycles. The molecule has 2 aromatic rings. The van der Waals surface area contributed by atoms with Crippen LogP contribution in [0.1, 0.15) is 18.4 Å². The molecule has 6 nitrogen and oxygen atoms in total. The average molecular weight is 420 g/mol. The van der Waals surface area contributed by atoms with Gasteiger partial charge in [-0.15, -0.1) is 11.3 Å². The lowest BCUT2D eigenvalue weighted by atomic mass is 10.2. The summed E-state index contributed by atoms with van der Waals surface area (Å²) in [5.41, 5.74) is 1.22. The van der Waals surface area contributed by atoms with Gasteiger partial charge in [0.15, 0.2) is 0 Å². The van der Waals surface area contributed by atoms with E-state index in [9.17, 15) is 13.2 Å². The van der Waals surface area contributed by atoms with Crippen LogP contribution in [0, 0.1) is 0 Å². The number of nitrogens with zero attached hydrogens (tertiary/aromatic N) is 3. The monoisotopic (exact) mass is 419 g/mol. The summed E-state index contributed by atoms with van der Waals surface area (Å²) >= 11 is 1.23. The lowest BCUT2D eigenvalue weighted by Crippen LogP contribution is -2.52. The molecule has 2 aliphatic rings. The number of sulfonamides is 1. The van der Waals surface area contributed by atoms with E-state index in [0.29, 0.717) is 43.0 Å². The molecule has 28 heavy (non-hydrogen) atoms. The average Bonchev–Trinajstić information content (AvgIpc) is 3.41. The van der Waals surface area contributed by atoms with Crippen molar-refractivity contribution in [1.82, 2.24) is 14.1 Å². The third-order valence-corrected chi connectivity index (χ3v) is 8.58. The Bertz CT molecular complexity index is 888. The first-order valence-electron chi connectivity index (χ1n) is 9.63. The van der Waals surface area contributed by atoms with Crippen LogP contribution in [0.15, 0.2) is 52.1 Å². The van der Waals surface area contributed by atoms with Crippen molar-refractivity contribution in [2.75, 3.05) is 32.7 Å². The maximum absolute atomic E-state index is 12.8. The fourth-order valence-electron chi connectivity index (χ4n) is 3.56. The number of carbonyl (C=O) groups is 1. The topological polar surface area (TPSA) is 60.9 Å². The van der Waals surface area contributed by atoms with Crippen LogP contribution in [0.4, 0.5) is 0 Å². The summed E-state index contributed by atoms with van der Waals surface area (Å²) < 4.78 is 27.1. The minimum atomic E-state index is -3.43. The molecule has 0 atom stereocenters. The van der Waals surface area contributed by atoms with E-state index in [1.165, 1.54) is 21.2 Å². The molecule has 1 saturated carbocycles. The summed E-state index contributed by atoms with van der Waals surface area (Å²) in [6, 6.07) is 14.1. The quantitative estimate of drug-likeness (QED) is 0.691. The lowest BCUT2D eigenvalue weighted by molar-refractivity contribution is -0.133. The van der Waals surface area contributed by atoms with Gasteiger partial charge in [-0.1, -0.05) is 36.4 Å². The Balaban J connectivity index is 1.33. The molecule has 2 fully saturated rings. The van der Waals surface area contributed by atoms with Crippen LogP contribution in [0.2, 0.25) is 0 Å². The Morgan fingerprint density at radius 1 is 1.04 bits per heavy atom. The number of piperazine rings is 1. The van der Waals surface area contributed by atoms with E-state index >= 15 is 0 Å². The fraction of sp³-hybridized carbons (Fsp3) is 0.450. The summed E-state index contributed by atoms with van der Waals surface area (Å²) in [7, 11) is -3.43. The van der Waals surface area contributed by atoms with Crippen molar-refractivity contribution >= 4 is 27.3 Å². The van der Waals surface area contributed by atoms with Crippen LogP contribution >= 0.6 is 11.3 Å². The molecule has 1 saturated heterocycles. The highest BCUT2D eigenvalue weighted by Gasteiger charge is 2.34. The minimum Gasteiger partial charge on any atom is -0.339 e. The van der Waals surface area contributed by atoms with Gasteiger partial charge >= 0.3 is 0 Å². The van der Waals surface area contributed by atoms with E-state index in [2.05, 4.69) is 17.0 Å². The second-order valence-electron chi connectivity index (χ2n) is 7.34. The predicted molar refractivity (Wildman–Crippen MR) is 110 cm³/mol. The number of benzene rings is 1. The Hall–Kier alpha value is -1.74. The first kappa shape index (κ1) is 19.6. The van der Waals surface area contributed by atoms with E-state index < -0.39 is 10.0 Å². The first-order chi connectivity index (χ1) is 13.5. The minimum absolute atomic E-state index is 0.0935. The Kier molecular flexibility index (Phi) is 5.82. The zero-order valence-corrected chi connectivity index (χ0v) is 17.4. The van der Waals surface area contributed by atoms with E-state index in [0.717, 1.165) is 19.4 Å². The summed E-state index contributed by atoms with van der Waals surface area (Å²) in [6.45, 7) is 2.80. The molecule has 4 rings (SSSR count). The molecule has 1 aliphatic heterocycles. The summed E-state index contributed by atoms with van der Waals surface area (Å²) in [5, 5.41) is 1.77. The number of rotatable bonds is 7. The number of hydrogen-bond acceptors (Lipinski definition) is 5. The second kappa shape index (κ2) is 8.32. The maximum atomic E-state index is 12.8. The van der Waals surface area contributed by atoms with Crippen molar-refractivity contribution in [2.24, 2.45) is 0 Å². The third kappa shape index (κ3) is 4.46. The lowest BCUT2D eigenvalue weighted by Gasteiger charge is -2.35. The number of carbonyl (C=O) groups excluding carboxylic acids is 1. The van der Waals surface area contributed by atoms with Gasteiger partial charge < -0.3 is 4.90 Å². The van der Waals surface area contributed by atoms with E-state index in [4.69, 9.17) is 0 Å². The zero-order chi connectivity index (χ0) is 19.6. The highest BCUT2D eigenvalue weighted by Crippen LogP contribution is 2.28. The van der Waals surface area contributed by atoms with E-state index in [1.54, 1.807) is 22.4 Å². The molecule has 8 heteroatoms. The van der Waals surface area contributed by atoms with Crippen LogP contribution < -0.4 is 0 Å².